The number of carbonyl (C=O) groups excluding carboxylic acids is 1. The molecule has 0 amide bonds. The lowest BCUT2D eigenvalue weighted by atomic mass is 10.0. The van der Waals surface area contributed by atoms with Gasteiger partial charge in [-0.05, 0) is 56.7 Å². The molecule has 0 saturated carbocycles. The predicted octanol–water partition coefficient (Wildman–Crippen LogP) is 4.57. The van der Waals surface area contributed by atoms with Crippen LogP contribution in [0.2, 0.25) is 0 Å². The number of hydrogen-bond donors (Lipinski definition) is 0. The molecule has 0 atom stereocenters. The van der Waals surface area contributed by atoms with Gasteiger partial charge in [0, 0.05) is 17.7 Å². The summed E-state index contributed by atoms with van der Waals surface area (Å²) in [5.41, 5.74) is 3.84. The summed E-state index contributed by atoms with van der Waals surface area (Å²) in [5.74, 6) is 2.04. The third-order valence-electron chi connectivity index (χ3n) is 4.41. The smallest absolute Gasteiger partial charge is 0.191 e. The summed E-state index contributed by atoms with van der Waals surface area (Å²) in [5, 5.41) is 9.39. The van der Waals surface area contributed by atoms with Crippen molar-refractivity contribution in [3.63, 3.8) is 0 Å². The summed E-state index contributed by atoms with van der Waals surface area (Å²) in [6.45, 7) is 6.74. The molecule has 0 aliphatic heterocycles. The average molecular weight is 382 g/mol. The molecule has 5 nitrogen and oxygen atoms in total. The molecular weight excluding hydrogens is 358 g/mol. The minimum absolute atomic E-state index is 0.109. The molecule has 0 saturated heterocycles. The predicted molar refractivity (Wildman–Crippen MR) is 109 cm³/mol. The second-order valence-corrected chi connectivity index (χ2v) is 7.25. The number of hydrogen-bond acceptors (Lipinski definition) is 5. The van der Waals surface area contributed by atoms with Crippen molar-refractivity contribution in [3.05, 3.63) is 59.2 Å². The van der Waals surface area contributed by atoms with E-state index in [1.54, 1.807) is 7.11 Å². The number of benzene rings is 2. The standard InChI is InChI=1S/C21H23N3O2S/c1-5-24-20(16-8-10-17(26-4)11-9-16)22-23-21(24)27-13-19(25)18-12-14(2)6-7-15(18)3/h6-12H,5,13H2,1-4H3. The Morgan fingerprint density at radius 1 is 1.11 bits per heavy atom. The van der Waals surface area contributed by atoms with Crippen molar-refractivity contribution < 1.29 is 9.53 Å². The first-order valence-corrected chi connectivity index (χ1v) is 9.83. The zero-order chi connectivity index (χ0) is 19.4. The van der Waals surface area contributed by atoms with Gasteiger partial charge in [-0.15, -0.1) is 10.2 Å². The first-order valence-electron chi connectivity index (χ1n) is 8.84. The van der Waals surface area contributed by atoms with Crippen molar-refractivity contribution in [2.75, 3.05) is 12.9 Å². The van der Waals surface area contributed by atoms with Gasteiger partial charge in [-0.1, -0.05) is 29.5 Å². The Hall–Kier alpha value is -2.60. The van der Waals surface area contributed by atoms with Crippen LogP contribution < -0.4 is 4.74 Å². The Labute approximate surface area is 163 Å². The third kappa shape index (κ3) is 4.22. The number of ketones is 1. The normalized spacial score (nSPS) is 10.8. The first-order chi connectivity index (χ1) is 13.0. The van der Waals surface area contributed by atoms with Gasteiger partial charge in [0.05, 0.1) is 12.9 Å². The number of ether oxygens (including phenoxy) is 1. The Morgan fingerprint density at radius 3 is 2.52 bits per heavy atom. The summed E-state index contributed by atoms with van der Waals surface area (Å²) >= 11 is 1.43. The van der Waals surface area contributed by atoms with E-state index in [4.69, 9.17) is 4.74 Å². The SMILES string of the molecule is CCn1c(SCC(=O)c2cc(C)ccc2C)nnc1-c1ccc(OC)cc1. The fraction of sp³-hybridized carbons (Fsp3) is 0.286. The van der Waals surface area contributed by atoms with Gasteiger partial charge in [-0.25, -0.2) is 0 Å². The molecule has 0 unspecified atom stereocenters. The Morgan fingerprint density at radius 2 is 1.85 bits per heavy atom. The van der Waals surface area contributed by atoms with Gasteiger partial charge < -0.3 is 9.30 Å². The molecule has 0 fully saturated rings. The van der Waals surface area contributed by atoms with Gasteiger partial charge >= 0.3 is 0 Å². The molecule has 6 heteroatoms. The van der Waals surface area contributed by atoms with Crippen molar-refractivity contribution in [1.82, 2.24) is 14.8 Å². The molecule has 1 aromatic heterocycles. The molecule has 0 aliphatic rings. The number of rotatable bonds is 7. The van der Waals surface area contributed by atoms with Crippen molar-refractivity contribution in [3.8, 4) is 17.1 Å². The largest absolute Gasteiger partial charge is 0.497 e. The highest BCUT2D eigenvalue weighted by atomic mass is 32.2. The lowest BCUT2D eigenvalue weighted by Crippen LogP contribution is -2.07. The summed E-state index contributed by atoms with van der Waals surface area (Å²) < 4.78 is 7.24. The lowest BCUT2D eigenvalue weighted by molar-refractivity contribution is 0.102. The second kappa shape index (κ2) is 8.39. The maximum Gasteiger partial charge on any atom is 0.191 e. The van der Waals surface area contributed by atoms with Crippen LogP contribution in [0.5, 0.6) is 5.75 Å². The van der Waals surface area contributed by atoms with Crippen molar-refractivity contribution >= 4 is 17.5 Å². The molecule has 3 aromatic rings. The van der Waals surface area contributed by atoms with Crippen LogP contribution in [0.1, 0.15) is 28.4 Å². The van der Waals surface area contributed by atoms with Gasteiger partial charge in [-0.2, -0.15) is 0 Å². The van der Waals surface area contributed by atoms with Gasteiger partial charge in [0.1, 0.15) is 5.75 Å². The molecule has 0 aliphatic carbocycles. The lowest BCUT2D eigenvalue weighted by Gasteiger charge is -2.09. The topological polar surface area (TPSA) is 57.0 Å². The Balaban J connectivity index is 1.78. The fourth-order valence-electron chi connectivity index (χ4n) is 2.88. The van der Waals surface area contributed by atoms with Crippen molar-refractivity contribution in [2.45, 2.75) is 32.5 Å². The van der Waals surface area contributed by atoms with Crippen LogP contribution in [0.4, 0.5) is 0 Å². The van der Waals surface area contributed by atoms with E-state index in [0.29, 0.717) is 5.75 Å². The Bertz CT molecular complexity index is 949. The van der Waals surface area contributed by atoms with E-state index < -0.39 is 0 Å². The molecule has 2 aromatic carbocycles. The minimum atomic E-state index is 0.109. The summed E-state index contributed by atoms with van der Waals surface area (Å²) in [6, 6.07) is 13.7. The summed E-state index contributed by atoms with van der Waals surface area (Å²) in [7, 11) is 1.64. The van der Waals surface area contributed by atoms with Crippen LogP contribution in [0.3, 0.4) is 0 Å². The minimum Gasteiger partial charge on any atom is -0.497 e. The molecule has 3 rings (SSSR count). The van der Waals surface area contributed by atoms with Gasteiger partial charge in [-0.3, -0.25) is 4.79 Å². The van der Waals surface area contributed by atoms with E-state index in [1.165, 1.54) is 11.8 Å². The Kier molecular flexibility index (Phi) is 5.96. The molecule has 0 N–H and O–H groups in total. The van der Waals surface area contributed by atoms with E-state index in [-0.39, 0.29) is 5.78 Å². The van der Waals surface area contributed by atoms with Gasteiger partial charge in [0.25, 0.3) is 0 Å². The number of aryl methyl sites for hydroxylation is 2. The number of aromatic nitrogens is 3. The van der Waals surface area contributed by atoms with Crippen LogP contribution in [-0.2, 0) is 6.54 Å². The molecule has 1 heterocycles. The number of Topliss-reactive ketones (excluding diaryl/α,β-unsaturated/α-hetero) is 1. The van der Waals surface area contributed by atoms with Crippen molar-refractivity contribution in [1.29, 1.82) is 0 Å². The highest BCUT2D eigenvalue weighted by molar-refractivity contribution is 7.99. The van der Waals surface area contributed by atoms with E-state index in [2.05, 4.69) is 10.2 Å². The maximum absolute atomic E-state index is 12.6. The monoisotopic (exact) mass is 381 g/mol. The third-order valence-corrected chi connectivity index (χ3v) is 5.37. The highest BCUT2D eigenvalue weighted by Crippen LogP contribution is 2.26. The van der Waals surface area contributed by atoms with E-state index in [9.17, 15) is 4.79 Å². The summed E-state index contributed by atoms with van der Waals surface area (Å²) in [4.78, 5) is 12.6. The quantitative estimate of drug-likeness (QED) is 0.443. The first kappa shape index (κ1) is 19.2. The molecule has 0 radical (unpaired) electrons. The molecule has 140 valence electrons. The summed E-state index contributed by atoms with van der Waals surface area (Å²) in [6.07, 6.45) is 0. The van der Waals surface area contributed by atoms with Crippen LogP contribution in [0, 0.1) is 13.8 Å². The molecule has 27 heavy (non-hydrogen) atoms. The number of nitrogens with zero attached hydrogens (tertiary/aromatic N) is 3. The zero-order valence-corrected chi connectivity index (χ0v) is 16.8. The number of thioether (sulfide) groups is 1. The van der Waals surface area contributed by atoms with E-state index >= 15 is 0 Å². The average Bonchev–Trinajstić information content (AvgIpc) is 3.10. The van der Waals surface area contributed by atoms with E-state index in [1.807, 2.05) is 67.8 Å². The van der Waals surface area contributed by atoms with Gasteiger partial charge in [0.2, 0.25) is 0 Å². The fourth-order valence-corrected chi connectivity index (χ4v) is 3.76. The van der Waals surface area contributed by atoms with E-state index in [0.717, 1.165) is 45.5 Å². The van der Waals surface area contributed by atoms with Crippen molar-refractivity contribution in [2.24, 2.45) is 0 Å². The second-order valence-electron chi connectivity index (χ2n) is 6.31. The zero-order valence-electron chi connectivity index (χ0n) is 16.0. The van der Waals surface area contributed by atoms with Gasteiger partial charge in [0.15, 0.2) is 16.8 Å². The van der Waals surface area contributed by atoms with Crippen LogP contribution >= 0.6 is 11.8 Å². The number of carbonyl (C=O) groups is 1. The molecule has 0 bridgehead atoms. The van der Waals surface area contributed by atoms with Crippen LogP contribution in [0.25, 0.3) is 11.4 Å². The molecular formula is C21H23N3O2S. The maximum atomic E-state index is 12.6. The molecule has 0 spiro atoms. The van der Waals surface area contributed by atoms with Crippen LogP contribution in [0.15, 0.2) is 47.6 Å². The highest BCUT2D eigenvalue weighted by Gasteiger charge is 2.16. The van der Waals surface area contributed by atoms with Crippen LogP contribution in [-0.4, -0.2) is 33.4 Å². The number of methoxy groups -OCH3 is 1.